The lowest BCUT2D eigenvalue weighted by Gasteiger charge is -1.96. The minimum absolute atomic E-state index is 0.132. The van der Waals surface area contributed by atoms with Gasteiger partial charge in [-0.25, -0.2) is 0 Å². The van der Waals surface area contributed by atoms with Crippen molar-refractivity contribution in [3.05, 3.63) is 39.9 Å². The summed E-state index contributed by atoms with van der Waals surface area (Å²) in [4.78, 5) is 9.86. The zero-order valence-electron chi connectivity index (χ0n) is 6.16. The summed E-state index contributed by atoms with van der Waals surface area (Å²) in [6, 6.07) is 6.49. The highest BCUT2D eigenvalue weighted by atomic mass is 127. The van der Waals surface area contributed by atoms with Crippen LogP contribution in [0.3, 0.4) is 0 Å². The number of rotatable bonds is 3. The topological polar surface area (TPSA) is 55.2 Å². The molecule has 0 aromatic heterocycles. The summed E-state index contributed by atoms with van der Waals surface area (Å²) < 4.78 is 2.93. The van der Waals surface area contributed by atoms with Gasteiger partial charge in [0.15, 0.2) is 0 Å². The van der Waals surface area contributed by atoms with Crippen LogP contribution < -0.4 is 3.53 Å². The molecule has 0 spiro atoms. The Bertz CT molecular complexity index is 273. The number of hydrogen-bond acceptors (Lipinski definition) is 3. The van der Waals surface area contributed by atoms with Crippen LogP contribution in [-0.2, 0) is 6.54 Å². The molecule has 0 fully saturated rings. The Hall–Kier alpha value is -0.690. The van der Waals surface area contributed by atoms with Crippen molar-refractivity contribution in [2.45, 2.75) is 6.54 Å². The van der Waals surface area contributed by atoms with Gasteiger partial charge in [0.25, 0.3) is 5.69 Å². The number of nitrogens with zero attached hydrogens (tertiary/aromatic N) is 1. The van der Waals surface area contributed by atoms with E-state index in [2.05, 4.69) is 3.53 Å². The second-order valence-corrected chi connectivity index (χ2v) is 3.00. The molecule has 0 saturated carbocycles. The Labute approximate surface area is 83.6 Å². The molecular formula is C7H7IN2O2. The largest absolute Gasteiger partial charge is 0.269 e. The molecule has 4 nitrogen and oxygen atoms in total. The van der Waals surface area contributed by atoms with Crippen LogP contribution in [0.1, 0.15) is 5.56 Å². The highest BCUT2D eigenvalue weighted by Gasteiger charge is 2.02. The summed E-state index contributed by atoms with van der Waals surface area (Å²) in [5.74, 6) is 0. The van der Waals surface area contributed by atoms with Gasteiger partial charge in [-0.15, -0.1) is 0 Å². The summed E-state index contributed by atoms with van der Waals surface area (Å²) in [7, 11) is 0. The van der Waals surface area contributed by atoms with Crippen molar-refractivity contribution in [3.63, 3.8) is 0 Å². The Balaban J connectivity index is 2.78. The van der Waals surface area contributed by atoms with Gasteiger partial charge in [0.2, 0.25) is 0 Å². The van der Waals surface area contributed by atoms with Gasteiger partial charge in [0.1, 0.15) is 0 Å². The molecule has 0 aliphatic rings. The molecule has 1 N–H and O–H groups in total. The Morgan fingerprint density at radius 2 is 2.00 bits per heavy atom. The molecular weight excluding hydrogens is 271 g/mol. The minimum Gasteiger partial charge on any atom is -0.258 e. The predicted molar refractivity (Wildman–Crippen MR) is 54.0 cm³/mol. The molecule has 0 bridgehead atoms. The van der Waals surface area contributed by atoms with Crippen molar-refractivity contribution in [2.24, 2.45) is 0 Å². The fraction of sp³-hybridized carbons (Fsp3) is 0.143. The molecule has 0 aliphatic carbocycles. The summed E-state index contributed by atoms with van der Waals surface area (Å²) in [5, 5.41) is 10.3. The summed E-state index contributed by atoms with van der Waals surface area (Å²) in [6.07, 6.45) is 0. The van der Waals surface area contributed by atoms with E-state index >= 15 is 0 Å². The Morgan fingerprint density at radius 3 is 2.42 bits per heavy atom. The van der Waals surface area contributed by atoms with Gasteiger partial charge in [0, 0.05) is 41.5 Å². The first-order valence-electron chi connectivity index (χ1n) is 3.31. The number of hydrogen-bond donors (Lipinski definition) is 1. The second kappa shape index (κ2) is 4.36. The van der Waals surface area contributed by atoms with Crippen LogP contribution in [0.25, 0.3) is 0 Å². The predicted octanol–water partition coefficient (Wildman–Crippen LogP) is 2.03. The molecule has 0 aliphatic heterocycles. The molecule has 0 atom stereocenters. The van der Waals surface area contributed by atoms with Crippen LogP contribution in [-0.4, -0.2) is 4.92 Å². The van der Waals surface area contributed by atoms with E-state index in [1.165, 1.54) is 12.1 Å². The molecule has 1 aromatic rings. The number of nitro benzene ring substituents is 1. The number of non-ortho nitro benzene ring substituents is 1. The number of nitrogens with one attached hydrogen (secondary N) is 1. The summed E-state index contributed by atoms with van der Waals surface area (Å²) in [5.41, 5.74) is 1.17. The number of benzene rings is 1. The molecule has 12 heavy (non-hydrogen) atoms. The fourth-order valence-corrected chi connectivity index (χ4v) is 1.25. The summed E-state index contributed by atoms with van der Waals surface area (Å²) >= 11 is 2.03. The zero-order chi connectivity index (χ0) is 8.97. The Morgan fingerprint density at radius 1 is 1.42 bits per heavy atom. The minimum atomic E-state index is -0.402. The monoisotopic (exact) mass is 278 g/mol. The lowest BCUT2D eigenvalue weighted by Crippen LogP contribution is -1.97. The maximum absolute atomic E-state index is 10.3. The molecule has 0 amide bonds. The first-order valence-corrected chi connectivity index (χ1v) is 4.38. The van der Waals surface area contributed by atoms with E-state index in [1.54, 1.807) is 12.1 Å². The molecule has 1 rings (SSSR count). The normalized spacial score (nSPS) is 9.75. The maximum Gasteiger partial charge on any atom is 0.269 e. The van der Waals surface area contributed by atoms with Crippen molar-refractivity contribution in [3.8, 4) is 0 Å². The van der Waals surface area contributed by atoms with Crippen LogP contribution >= 0.6 is 22.9 Å². The lowest BCUT2D eigenvalue weighted by molar-refractivity contribution is -0.384. The van der Waals surface area contributed by atoms with E-state index in [4.69, 9.17) is 0 Å². The zero-order valence-corrected chi connectivity index (χ0v) is 8.32. The maximum atomic E-state index is 10.3. The van der Waals surface area contributed by atoms with Crippen molar-refractivity contribution in [1.29, 1.82) is 0 Å². The SMILES string of the molecule is O=[N+]([O-])c1ccc(CNI)cc1. The van der Waals surface area contributed by atoms with Gasteiger partial charge < -0.3 is 0 Å². The first-order chi connectivity index (χ1) is 5.74. The molecule has 5 heteroatoms. The van der Waals surface area contributed by atoms with Crippen LogP contribution in [0.5, 0.6) is 0 Å². The van der Waals surface area contributed by atoms with Crippen molar-refractivity contribution >= 4 is 28.6 Å². The highest BCUT2D eigenvalue weighted by molar-refractivity contribution is 14.1. The molecule has 0 radical (unpaired) electrons. The lowest BCUT2D eigenvalue weighted by atomic mass is 10.2. The van der Waals surface area contributed by atoms with Gasteiger partial charge in [-0.05, 0) is 5.56 Å². The first kappa shape index (κ1) is 9.40. The van der Waals surface area contributed by atoms with E-state index in [9.17, 15) is 10.1 Å². The third kappa shape index (κ3) is 2.42. The smallest absolute Gasteiger partial charge is 0.258 e. The van der Waals surface area contributed by atoms with Crippen molar-refractivity contribution in [2.75, 3.05) is 0 Å². The van der Waals surface area contributed by atoms with Crippen molar-refractivity contribution < 1.29 is 4.92 Å². The third-order valence-electron chi connectivity index (χ3n) is 1.42. The van der Waals surface area contributed by atoms with Gasteiger partial charge in [-0.3, -0.25) is 13.6 Å². The second-order valence-electron chi connectivity index (χ2n) is 2.23. The fourth-order valence-electron chi connectivity index (χ4n) is 0.813. The standard InChI is InChI=1S/C7H7IN2O2/c8-9-5-6-1-3-7(4-2-6)10(11)12/h1-4,9H,5H2. The van der Waals surface area contributed by atoms with Gasteiger partial charge in [-0.2, -0.15) is 0 Å². The summed E-state index contributed by atoms with van der Waals surface area (Å²) in [6.45, 7) is 0.721. The van der Waals surface area contributed by atoms with E-state index < -0.39 is 4.92 Å². The molecule has 0 saturated heterocycles. The molecule has 1 aromatic carbocycles. The van der Waals surface area contributed by atoms with Crippen molar-refractivity contribution in [1.82, 2.24) is 3.53 Å². The van der Waals surface area contributed by atoms with Crippen LogP contribution in [0, 0.1) is 10.1 Å². The van der Waals surface area contributed by atoms with Gasteiger partial charge in [-0.1, -0.05) is 12.1 Å². The van der Waals surface area contributed by atoms with Crippen LogP contribution in [0.15, 0.2) is 24.3 Å². The van der Waals surface area contributed by atoms with Gasteiger partial charge in [0.05, 0.1) is 4.92 Å². The van der Waals surface area contributed by atoms with E-state index in [1.807, 2.05) is 22.9 Å². The van der Waals surface area contributed by atoms with E-state index in [0.29, 0.717) is 0 Å². The molecule has 0 unspecified atom stereocenters. The third-order valence-corrected chi connectivity index (χ3v) is 1.80. The average Bonchev–Trinajstić information content (AvgIpc) is 2.06. The average molecular weight is 278 g/mol. The molecule has 64 valence electrons. The number of nitro groups is 1. The van der Waals surface area contributed by atoms with Crippen LogP contribution in [0.4, 0.5) is 5.69 Å². The quantitative estimate of drug-likeness (QED) is 0.398. The molecule has 0 heterocycles. The van der Waals surface area contributed by atoms with Gasteiger partial charge >= 0.3 is 0 Å². The van der Waals surface area contributed by atoms with Crippen LogP contribution in [0.2, 0.25) is 0 Å². The van der Waals surface area contributed by atoms with E-state index in [0.717, 1.165) is 12.1 Å². The Kier molecular flexibility index (Phi) is 3.42. The highest BCUT2D eigenvalue weighted by Crippen LogP contribution is 2.11. The number of halogens is 1. The van der Waals surface area contributed by atoms with E-state index in [-0.39, 0.29) is 5.69 Å².